The maximum absolute atomic E-state index is 12.9. The highest BCUT2D eigenvalue weighted by molar-refractivity contribution is 7.89. The molecule has 3 N–H and O–H groups in total. The molecule has 0 aliphatic carbocycles. The summed E-state index contributed by atoms with van der Waals surface area (Å²) in [5.41, 5.74) is 2.55. The summed E-state index contributed by atoms with van der Waals surface area (Å²) >= 11 is 0. The highest BCUT2D eigenvalue weighted by Gasteiger charge is 2.16. The minimum atomic E-state index is -3.81. The van der Waals surface area contributed by atoms with E-state index in [0.29, 0.717) is 29.2 Å². The van der Waals surface area contributed by atoms with Gasteiger partial charge in [0.1, 0.15) is 5.82 Å². The lowest BCUT2D eigenvalue weighted by atomic mass is 10.1. The van der Waals surface area contributed by atoms with Crippen LogP contribution >= 0.6 is 0 Å². The number of carbonyl (C=O) groups is 1. The summed E-state index contributed by atoms with van der Waals surface area (Å²) in [6.07, 6.45) is 0.618. The number of aromatic nitrogens is 2. The van der Waals surface area contributed by atoms with Gasteiger partial charge in [0, 0.05) is 35.1 Å². The van der Waals surface area contributed by atoms with Gasteiger partial charge in [-0.05, 0) is 42.3 Å². The van der Waals surface area contributed by atoms with E-state index in [1.165, 1.54) is 24.3 Å². The molecule has 35 heavy (non-hydrogen) atoms. The molecular formula is C26H24N4O4S. The normalized spacial score (nSPS) is 11.2. The zero-order valence-electron chi connectivity index (χ0n) is 19.0. The van der Waals surface area contributed by atoms with Crippen molar-refractivity contribution in [2.75, 3.05) is 5.32 Å². The third-order valence-corrected chi connectivity index (χ3v) is 6.67. The number of aryl methyl sites for hydroxylation is 1. The molecule has 0 saturated heterocycles. The summed E-state index contributed by atoms with van der Waals surface area (Å²) in [4.78, 5) is 31.9. The highest BCUT2D eigenvalue weighted by atomic mass is 32.2. The van der Waals surface area contributed by atoms with E-state index >= 15 is 0 Å². The maximum atomic E-state index is 12.9. The first-order chi connectivity index (χ1) is 16.8. The Labute approximate surface area is 203 Å². The Morgan fingerprint density at radius 2 is 1.71 bits per heavy atom. The lowest BCUT2D eigenvalue weighted by Crippen LogP contribution is -2.23. The van der Waals surface area contributed by atoms with Gasteiger partial charge in [0.05, 0.1) is 4.90 Å². The molecule has 0 bridgehead atoms. The van der Waals surface area contributed by atoms with E-state index in [-0.39, 0.29) is 22.6 Å². The maximum Gasteiger partial charge on any atom is 0.255 e. The molecule has 1 aromatic heterocycles. The van der Waals surface area contributed by atoms with Gasteiger partial charge in [0.15, 0.2) is 0 Å². The largest absolute Gasteiger partial charge is 0.322 e. The number of rotatable bonds is 8. The Kier molecular flexibility index (Phi) is 7.19. The summed E-state index contributed by atoms with van der Waals surface area (Å²) in [6, 6.07) is 23.3. The van der Waals surface area contributed by atoms with Gasteiger partial charge < -0.3 is 10.3 Å². The van der Waals surface area contributed by atoms with E-state index in [2.05, 4.69) is 20.0 Å². The molecule has 0 aliphatic heterocycles. The summed E-state index contributed by atoms with van der Waals surface area (Å²) in [5.74, 6) is -0.0611. The second-order valence-electron chi connectivity index (χ2n) is 7.81. The zero-order valence-corrected chi connectivity index (χ0v) is 19.8. The van der Waals surface area contributed by atoms with Crippen molar-refractivity contribution in [3.8, 4) is 11.4 Å². The van der Waals surface area contributed by atoms with Gasteiger partial charge in [0.2, 0.25) is 10.0 Å². The summed E-state index contributed by atoms with van der Waals surface area (Å²) in [6.45, 7) is 2.05. The first kappa shape index (κ1) is 24.1. The molecule has 0 radical (unpaired) electrons. The van der Waals surface area contributed by atoms with Gasteiger partial charge in [-0.25, -0.2) is 18.1 Å². The summed E-state index contributed by atoms with van der Waals surface area (Å²) in [5, 5.41) is 2.77. The van der Waals surface area contributed by atoms with E-state index < -0.39 is 15.9 Å². The number of H-pyrrole nitrogens is 1. The van der Waals surface area contributed by atoms with Gasteiger partial charge in [-0.2, -0.15) is 0 Å². The van der Waals surface area contributed by atoms with Crippen LogP contribution in [0.5, 0.6) is 0 Å². The van der Waals surface area contributed by atoms with Gasteiger partial charge in [-0.1, -0.05) is 55.5 Å². The van der Waals surface area contributed by atoms with Crippen LogP contribution in [0.3, 0.4) is 0 Å². The SMILES string of the molecule is CCc1cc(=O)[nH]c(-c2cccc(NC(=O)c3cccc(S(=O)(=O)NCc4ccccc4)c3)c2)n1. The number of nitrogens with one attached hydrogen (secondary N) is 3. The van der Waals surface area contributed by atoms with Gasteiger partial charge >= 0.3 is 0 Å². The molecule has 8 nitrogen and oxygen atoms in total. The first-order valence-electron chi connectivity index (χ1n) is 11.0. The molecule has 178 valence electrons. The summed E-state index contributed by atoms with van der Waals surface area (Å²) < 4.78 is 28.0. The predicted molar refractivity (Wildman–Crippen MR) is 135 cm³/mol. The van der Waals surface area contributed by atoms with Gasteiger partial charge in [0.25, 0.3) is 11.5 Å². The molecule has 0 unspecified atom stereocenters. The van der Waals surface area contributed by atoms with E-state index in [1.54, 1.807) is 30.3 Å². The number of hydrogen-bond donors (Lipinski definition) is 3. The van der Waals surface area contributed by atoms with Crippen molar-refractivity contribution in [1.29, 1.82) is 0 Å². The van der Waals surface area contributed by atoms with E-state index in [9.17, 15) is 18.0 Å². The van der Waals surface area contributed by atoms with Crippen molar-refractivity contribution in [3.05, 3.63) is 112 Å². The van der Waals surface area contributed by atoms with Crippen molar-refractivity contribution in [2.45, 2.75) is 24.8 Å². The fourth-order valence-corrected chi connectivity index (χ4v) is 4.50. The van der Waals surface area contributed by atoms with Crippen LogP contribution in [-0.2, 0) is 23.0 Å². The topological polar surface area (TPSA) is 121 Å². The molecule has 3 aromatic carbocycles. The van der Waals surface area contributed by atoms with E-state index in [4.69, 9.17) is 0 Å². The molecule has 9 heteroatoms. The lowest BCUT2D eigenvalue weighted by Gasteiger charge is -2.10. The molecule has 1 heterocycles. The van der Waals surface area contributed by atoms with Crippen molar-refractivity contribution in [1.82, 2.24) is 14.7 Å². The fraction of sp³-hybridized carbons (Fsp3) is 0.115. The Balaban J connectivity index is 1.51. The number of hydrogen-bond acceptors (Lipinski definition) is 5. The number of carbonyl (C=O) groups excluding carboxylic acids is 1. The van der Waals surface area contributed by atoms with Crippen molar-refractivity contribution >= 4 is 21.6 Å². The predicted octanol–water partition coefficient (Wildman–Crippen LogP) is 3.73. The van der Waals surface area contributed by atoms with Crippen LogP contribution < -0.4 is 15.6 Å². The minimum absolute atomic E-state index is 0.00649. The number of sulfonamides is 1. The number of nitrogens with zero attached hydrogens (tertiary/aromatic N) is 1. The van der Waals surface area contributed by atoms with Gasteiger partial charge in [-0.15, -0.1) is 0 Å². The highest BCUT2D eigenvalue weighted by Crippen LogP contribution is 2.20. The van der Waals surface area contributed by atoms with Crippen LogP contribution in [0.2, 0.25) is 0 Å². The van der Waals surface area contributed by atoms with E-state index in [0.717, 1.165) is 5.56 Å². The molecule has 0 aliphatic rings. The molecule has 0 saturated carbocycles. The number of aromatic amines is 1. The fourth-order valence-electron chi connectivity index (χ4n) is 3.44. The molecule has 0 spiro atoms. The molecule has 0 atom stereocenters. The van der Waals surface area contributed by atoms with Crippen molar-refractivity contribution in [3.63, 3.8) is 0 Å². The third-order valence-electron chi connectivity index (χ3n) is 5.27. The molecule has 4 aromatic rings. The number of benzene rings is 3. The molecule has 0 fully saturated rings. The Bertz CT molecular complexity index is 1520. The smallest absolute Gasteiger partial charge is 0.255 e. The molecular weight excluding hydrogens is 464 g/mol. The van der Waals surface area contributed by atoms with Crippen molar-refractivity contribution in [2.24, 2.45) is 0 Å². The molecule has 4 rings (SSSR count). The minimum Gasteiger partial charge on any atom is -0.322 e. The third kappa shape index (κ3) is 6.08. The summed E-state index contributed by atoms with van der Waals surface area (Å²) in [7, 11) is -3.81. The van der Waals surface area contributed by atoms with Crippen LogP contribution in [-0.4, -0.2) is 24.3 Å². The Morgan fingerprint density at radius 3 is 2.49 bits per heavy atom. The van der Waals surface area contributed by atoms with Crippen LogP contribution in [0.15, 0.2) is 94.6 Å². The number of anilines is 1. The molecule has 1 amide bonds. The van der Waals surface area contributed by atoms with Crippen LogP contribution in [0, 0.1) is 0 Å². The Morgan fingerprint density at radius 1 is 0.943 bits per heavy atom. The second-order valence-corrected chi connectivity index (χ2v) is 9.58. The van der Waals surface area contributed by atoms with E-state index in [1.807, 2.05) is 37.3 Å². The second kappa shape index (κ2) is 10.5. The lowest BCUT2D eigenvalue weighted by molar-refractivity contribution is 0.102. The van der Waals surface area contributed by atoms with Crippen LogP contribution in [0.1, 0.15) is 28.5 Å². The first-order valence-corrected chi connectivity index (χ1v) is 12.5. The average Bonchev–Trinajstić information content (AvgIpc) is 2.88. The number of amides is 1. The van der Waals surface area contributed by atoms with Crippen molar-refractivity contribution < 1.29 is 13.2 Å². The van der Waals surface area contributed by atoms with Crippen LogP contribution in [0.25, 0.3) is 11.4 Å². The standard InChI is InChI=1S/C26H24N4O4S/c1-2-21-16-24(31)30-25(28-21)19-10-6-12-22(14-19)29-26(32)20-11-7-13-23(15-20)35(33,34)27-17-18-8-4-3-5-9-18/h3-16,27H,2,17H2,1H3,(H,29,32)(H,28,30,31). The zero-order chi connectivity index (χ0) is 24.8. The van der Waals surface area contributed by atoms with Gasteiger partial charge in [-0.3, -0.25) is 9.59 Å². The monoisotopic (exact) mass is 488 g/mol. The average molecular weight is 489 g/mol. The Hall–Kier alpha value is -4.08. The van der Waals surface area contributed by atoms with Crippen LogP contribution in [0.4, 0.5) is 5.69 Å². The quantitative estimate of drug-likeness (QED) is 0.349.